The zero-order chi connectivity index (χ0) is 29.3. The Morgan fingerprint density at radius 3 is 2.20 bits per heavy atom. The fourth-order valence-electron chi connectivity index (χ4n) is 3.51. The molecule has 3 aromatic carbocycles. The van der Waals surface area contributed by atoms with E-state index in [1.165, 1.54) is 42.5 Å². The lowest BCUT2D eigenvalue weighted by molar-refractivity contribution is -0.185. The minimum atomic E-state index is -4.27. The van der Waals surface area contributed by atoms with Gasteiger partial charge in [-0.3, -0.25) is 0 Å². The van der Waals surface area contributed by atoms with Gasteiger partial charge in [0.1, 0.15) is 11.5 Å². The van der Waals surface area contributed by atoms with E-state index in [4.69, 9.17) is 25.7 Å². The number of halogens is 5. The lowest BCUT2D eigenvalue weighted by Crippen LogP contribution is -2.21. The Balaban J connectivity index is 1.49. The van der Waals surface area contributed by atoms with Crippen molar-refractivity contribution in [2.75, 3.05) is 24.7 Å². The Hall–Kier alpha value is -4.28. The summed E-state index contributed by atoms with van der Waals surface area (Å²) in [5, 5.41) is 0. The van der Waals surface area contributed by atoms with Gasteiger partial charge in [-0.2, -0.15) is 22.0 Å². The maximum Gasteiger partial charge on any atom is 0.426 e. The molecular weight excluding hydrogens is 535 g/mol. The third-order valence-corrected chi connectivity index (χ3v) is 5.58. The number of alkyl halides is 5. The normalized spacial score (nSPS) is 12.8. The van der Waals surface area contributed by atoms with Gasteiger partial charge in [0, 0.05) is 29.8 Å². The zero-order valence-electron chi connectivity index (χ0n) is 21.3. The van der Waals surface area contributed by atoms with Crippen LogP contribution in [0, 0.1) is 6.92 Å². The lowest BCUT2D eigenvalue weighted by Gasteiger charge is -2.18. The molecule has 0 aliphatic carbocycles. The molecule has 40 heavy (non-hydrogen) atoms. The standard InChI is InChI=1S/C29H28F5N2O4/c1-19(25-13-8-22(35)17-26(25)36)18-39-27(37)14-5-20-3-6-21(7-4-20)29(33,34)40-24-11-9-23(10-12-24)38-16-2-15-28(30,31)32/h3-14,17,19H,1-2,15-16,18,35-36H2/b14-5+. The molecular formula is C29H28F5N2O4. The number of rotatable bonds is 12. The van der Waals surface area contributed by atoms with Crippen LogP contribution in [0.2, 0.25) is 0 Å². The summed E-state index contributed by atoms with van der Waals surface area (Å²) < 4.78 is 81.0. The second-order valence-electron chi connectivity index (χ2n) is 8.83. The van der Waals surface area contributed by atoms with Crippen LogP contribution in [0.5, 0.6) is 11.5 Å². The Bertz CT molecular complexity index is 1290. The van der Waals surface area contributed by atoms with E-state index in [2.05, 4.69) is 6.92 Å². The third-order valence-electron chi connectivity index (χ3n) is 5.58. The van der Waals surface area contributed by atoms with Gasteiger partial charge in [0.25, 0.3) is 0 Å². The Morgan fingerprint density at radius 2 is 1.57 bits per heavy atom. The van der Waals surface area contributed by atoms with E-state index in [0.717, 1.165) is 18.2 Å². The fourth-order valence-corrected chi connectivity index (χ4v) is 3.51. The topological polar surface area (TPSA) is 96.8 Å². The summed E-state index contributed by atoms with van der Waals surface area (Å²) in [6.07, 6.45) is -6.56. The number of carbonyl (C=O) groups excluding carboxylic acids is 1. The first kappa shape index (κ1) is 30.3. The second-order valence-corrected chi connectivity index (χ2v) is 8.83. The first-order valence-electron chi connectivity index (χ1n) is 12.1. The highest BCUT2D eigenvalue weighted by molar-refractivity contribution is 5.87. The van der Waals surface area contributed by atoms with E-state index in [1.807, 2.05) is 0 Å². The maximum absolute atomic E-state index is 14.6. The van der Waals surface area contributed by atoms with E-state index in [9.17, 15) is 26.7 Å². The summed E-state index contributed by atoms with van der Waals surface area (Å²) >= 11 is 0. The van der Waals surface area contributed by atoms with Crippen molar-refractivity contribution in [3.8, 4) is 11.5 Å². The minimum absolute atomic E-state index is 0.0229. The molecule has 0 fully saturated rings. The lowest BCUT2D eigenvalue weighted by atomic mass is 10.00. The summed E-state index contributed by atoms with van der Waals surface area (Å²) in [7, 11) is 0. The van der Waals surface area contributed by atoms with Gasteiger partial charge in [0.2, 0.25) is 0 Å². The van der Waals surface area contributed by atoms with Crippen molar-refractivity contribution < 1.29 is 41.0 Å². The van der Waals surface area contributed by atoms with Gasteiger partial charge in [-0.15, -0.1) is 0 Å². The largest absolute Gasteiger partial charge is 0.494 e. The molecule has 1 radical (unpaired) electrons. The number of hydrogen-bond donors (Lipinski definition) is 2. The fraction of sp³-hybridized carbons (Fsp3) is 0.241. The molecule has 0 amide bonds. The molecule has 3 aromatic rings. The van der Waals surface area contributed by atoms with E-state index >= 15 is 0 Å². The van der Waals surface area contributed by atoms with Crippen LogP contribution in [-0.4, -0.2) is 25.4 Å². The van der Waals surface area contributed by atoms with Crippen LogP contribution < -0.4 is 20.9 Å². The van der Waals surface area contributed by atoms with Gasteiger partial charge in [-0.05, 0) is 79.1 Å². The first-order valence-corrected chi connectivity index (χ1v) is 12.1. The molecule has 0 saturated carbocycles. The van der Waals surface area contributed by atoms with Crippen molar-refractivity contribution in [3.05, 3.63) is 96.4 Å². The molecule has 1 atom stereocenters. The monoisotopic (exact) mass is 563 g/mol. The number of anilines is 2. The van der Waals surface area contributed by atoms with Gasteiger partial charge in [0.05, 0.1) is 18.8 Å². The van der Waals surface area contributed by atoms with Crippen molar-refractivity contribution in [1.29, 1.82) is 0 Å². The summed E-state index contributed by atoms with van der Waals surface area (Å²) in [5.74, 6) is -0.990. The van der Waals surface area contributed by atoms with Gasteiger partial charge in [-0.1, -0.05) is 18.2 Å². The molecule has 0 aliphatic heterocycles. The van der Waals surface area contributed by atoms with Crippen molar-refractivity contribution >= 4 is 23.4 Å². The average molecular weight is 564 g/mol. The zero-order valence-corrected chi connectivity index (χ0v) is 21.3. The average Bonchev–Trinajstić information content (AvgIpc) is 2.89. The molecule has 213 valence electrons. The van der Waals surface area contributed by atoms with Crippen LogP contribution >= 0.6 is 0 Å². The number of nitrogen functional groups attached to an aromatic ring is 2. The molecule has 11 heteroatoms. The first-order chi connectivity index (χ1) is 18.8. The number of nitrogens with two attached hydrogens (primary N) is 2. The number of esters is 1. The molecule has 3 rings (SSSR count). The highest BCUT2D eigenvalue weighted by Gasteiger charge is 2.34. The van der Waals surface area contributed by atoms with Crippen LogP contribution in [0.15, 0.2) is 72.8 Å². The summed E-state index contributed by atoms with van der Waals surface area (Å²) in [6, 6.07) is 15.2. The van der Waals surface area contributed by atoms with Crippen LogP contribution in [0.1, 0.15) is 35.4 Å². The summed E-state index contributed by atoms with van der Waals surface area (Å²) in [6.45, 7) is 3.75. The number of ether oxygens (including phenoxy) is 3. The van der Waals surface area contributed by atoms with Crippen LogP contribution in [-0.2, 0) is 15.6 Å². The van der Waals surface area contributed by atoms with E-state index in [0.29, 0.717) is 22.5 Å². The van der Waals surface area contributed by atoms with Gasteiger partial charge in [0.15, 0.2) is 0 Å². The van der Waals surface area contributed by atoms with Crippen LogP contribution in [0.3, 0.4) is 0 Å². The second kappa shape index (κ2) is 13.2. The Morgan fingerprint density at radius 1 is 0.925 bits per heavy atom. The van der Waals surface area contributed by atoms with Gasteiger partial charge < -0.3 is 25.7 Å². The SMILES string of the molecule is [CH2]C(COC(=O)/C=C/c1ccc(C(F)(F)Oc2ccc(OCCCC(F)(F)F)cc2)cc1)c1ccc(N)cc1N. The van der Waals surface area contributed by atoms with Crippen molar-refractivity contribution in [1.82, 2.24) is 0 Å². The van der Waals surface area contributed by atoms with Crippen LogP contribution in [0.4, 0.5) is 33.3 Å². The Kier molecular flexibility index (Phi) is 9.98. The van der Waals surface area contributed by atoms with Crippen LogP contribution in [0.25, 0.3) is 6.08 Å². The molecule has 0 saturated heterocycles. The smallest absolute Gasteiger partial charge is 0.426 e. The number of hydrogen-bond acceptors (Lipinski definition) is 6. The number of benzene rings is 3. The predicted molar refractivity (Wildman–Crippen MR) is 142 cm³/mol. The minimum Gasteiger partial charge on any atom is -0.494 e. The quantitative estimate of drug-likeness (QED) is 0.0821. The molecule has 0 aromatic heterocycles. The molecule has 1 unspecified atom stereocenters. The molecule has 0 aliphatic rings. The molecule has 4 N–H and O–H groups in total. The highest BCUT2D eigenvalue weighted by atomic mass is 19.4. The molecule has 0 heterocycles. The van der Waals surface area contributed by atoms with E-state index in [-0.39, 0.29) is 31.1 Å². The van der Waals surface area contributed by atoms with Gasteiger partial charge in [-0.25, -0.2) is 4.79 Å². The van der Waals surface area contributed by atoms with Gasteiger partial charge >= 0.3 is 18.3 Å². The maximum atomic E-state index is 14.6. The highest BCUT2D eigenvalue weighted by Crippen LogP contribution is 2.33. The summed E-state index contributed by atoms with van der Waals surface area (Å²) in [4.78, 5) is 12.1. The number of carbonyl (C=O) groups is 1. The molecule has 0 spiro atoms. The molecule has 0 bridgehead atoms. The van der Waals surface area contributed by atoms with Crippen molar-refractivity contribution in [2.45, 2.75) is 31.0 Å². The van der Waals surface area contributed by atoms with E-state index in [1.54, 1.807) is 18.2 Å². The molecule has 6 nitrogen and oxygen atoms in total. The van der Waals surface area contributed by atoms with Crippen molar-refractivity contribution in [2.24, 2.45) is 0 Å². The third kappa shape index (κ3) is 9.48. The predicted octanol–water partition coefficient (Wildman–Crippen LogP) is 6.87. The van der Waals surface area contributed by atoms with Crippen molar-refractivity contribution in [3.63, 3.8) is 0 Å². The van der Waals surface area contributed by atoms with E-state index < -0.39 is 36.2 Å². The Labute approximate surface area is 228 Å². The summed E-state index contributed by atoms with van der Waals surface area (Å²) in [5.41, 5.74) is 13.3.